The van der Waals surface area contributed by atoms with Gasteiger partial charge >= 0.3 is 0 Å². The Bertz CT molecular complexity index is 1400. The van der Waals surface area contributed by atoms with Gasteiger partial charge < -0.3 is 24.1 Å². The van der Waals surface area contributed by atoms with E-state index in [1.54, 1.807) is 33.5 Å². The molecule has 0 saturated carbocycles. The summed E-state index contributed by atoms with van der Waals surface area (Å²) in [6, 6.07) is 16.1. The highest BCUT2D eigenvalue weighted by Crippen LogP contribution is 2.46. The van der Waals surface area contributed by atoms with E-state index < -0.39 is 0 Å². The number of aromatic nitrogens is 1. The predicted molar refractivity (Wildman–Crippen MR) is 129 cm³/mol. The highest BCUT2D eigenvalue weighted by molar-refractivity contribution is 6.06. The second-order valence-corrected chi connectivity index (χ2v) is 8.30. The highest BCUT2D eigenvalue weighted by Gasteiger charge is 2.31. The molecule has 1 aromatic heterocycles. The molecular weight excluding hydrogens is 435 g/mol. The van der Waals surface area contributed by atoms with E-state index in [2.05, 4.69) is 16.1 Å². The standard InChI is InChI=1S/C27H25FN2O4/c1-32-23-13-25(34-3)24(33-2)11-19(23)18-12-26(31)29-21-8-5-9-22-27(21)20(18)15-30(22)14-16-6-4-7-17(28)10-16/h4-11,13,15,18H,12,14H2,1-3H3,(H,29,31). The lowest BCUT2D eigenvalue weighted by Gasteiger charge is -2.20. The summed E-state index contributed by atoms with van der Waals surface area (Å²) in [6.07, 6.45) is 2.29. The van der Waals surface area contributed by atoms with Gasteiger partial charge in [0.15, 0.2) is 11.5 Å². The maximum Gasteiger partial charge on any atom is 0.225 e. The van der Waals surface area contributed by atoms with Gasteiger partial charge in [-0.05, 0) is 41.5 Å². The van der Waals surface area contributed by atoms with Crippen molar-refractivity contribution in [3.05, 3.63) is 83.3 Å². The first-order chi connectivity index (χ1) is 16.5. The van der Waals surface area contributed by atoms with Crippen molar-refractivity contribution in [2.75, 3.05) is 26.6 Å². The number of nitrogens with zero attached hydrogens (tertiary/aromatic N) is 1. The first kappa shape index (κ1) is 21.8. The number of rotatable bonds is 6. The highest BCUT2D eigenvalue weighted by atomic mass is 19.1. The Morgan fingerprint density at radius 3 is 2.41 bits per heavy atom. The number of ether oxygens (including phenoxy) is 3. The molecule has 174 valence electrons. The third-order valence-electron chi connectivity index (χ3n) is 6.33. The van der Waals surface area contributed by atoms with Crippen LogP contribution in [-0.4, -0.2) is 31.8 Å². The topological polar surface area (TPSA) is 61.7 Å². The number of benzene rings is 3. The van der Waals surface area contributed by atoms with E-state index in [4.69, 9.17) is 14.2 Å². The first-order valence-electron chi connectivity index (χ1n) is 11.0. The molecule has 0 spiro atoms. The molecule has 34 heavy (non-hydrogen) atoms. The molecule has 1 atom stereocenters. The SMILES string of the molecule is COc1cc(OC)c(C2CC(=O)Nc3cccc4c3c2cn4Cc2cccc(F)c2)cc1OC. The Hall–Kier alpha value is -4.00. The molecule has 3 aromatic carbocycles. The van der Waals surface area contributed by atoms with E-state index in [0.29, 0.717) is 23.8 Å². The maximum absolute atomic E-state index is 13.8. The van der Waals surface area contributed by atoms with Gasteiger partial charge in [-0.1, -0.05) is 18.2 Å². The van der Waals surface area contributed by atoms with Crippen molar-refractivity contribution < 1.29 is 23.4 Å². The van der Waals surface area contributed by atoms with Crippen LogP contribution >= 0.6 is 0 Å². The lowest BCUT2D eigenvalue weighted by molar-refractivity contribution is -0.116. The number of anilines is 1. The maximum atomic E-state index is 13.8. The van der Waals surface area contributed by atoms with Crippen LogP contribution in [0.4, 0.5) is 10.1 Å². The molecule has 1 aliphatic heterocycles. The summed E-state index contributed by atoms with van der Waals surface area (Å²) in [5.74, 6) is 1.09. The lowest BCUT2D eigenvalue weighted by atomic mass is 9.87. The average molecular weight is 461 g/mol. The van der Waals surface area contributed by atoms with Crippen molar-refractivity contribution in [2.45, 2.75) is 18.9 Å². The van der Waals surface area contributed by atoms with Crippen LogP contribution in [0, 0.1) is 5.82 Å². The summed E-state index contributed by atoms with van der Waals surface area (Å²) in [5.41, 5.74) is 4.40. The third-order valence-corrected chi connectivity index (χ3v) is 6.33. The molecule has 5 rings (SSSR count). The van der Waals surface area contributed by atoms with Crippen LogP contribution in [0.25, 0.3) is 10.9 Å². The molecule has 0 saturated heterocycles. The van der Waals surface area contributed by atoms with Gasteiger partial charge in [-0.2, -0.15) is 0 Å². The number of nitrogens with one attached hydrogen (secondary N) is 1. The summed E-state index contributed by atoms with van der Waals surface area (Å²) < 4.78 is 32.6. The van der Waals surface area contributed by atoms with Gasteiger partial charge in [0, 0.05) is 42.1 Å². The number of carbonyl (C=O) groups excluding carboxylic acids is 1. The molecule has 7 heteroatoms. The Morgan fingerprint density at radius 2 is 1.68 bits per heavy atom. The molecule has 4 aromatic rings. The van der Waals surface area contributed by atoms with Crippen LogP contribution in [0.5, 0.6) is 17.2 Å². The van der Waals surface area contributed by atoms with Gasteiger partial charge in [0.25, 0.3) is 0 Å². The monoisotopic (exact) mass is 460 g/mol. The minimum absolute atomic E-state index is 0.0813. The van der Waals surface area contributed by atoms with Crippen LogP contribution in [0.15, 0.2) is 60.8 Å². The molecule has 0 radical (unpaired) electrons. The minimum atomic E-state index is -0.283. The van der Waals surface area contributed by atoms with E-state index in [1.807, 2.05) is 30.3 Å². The third kappa shape index (κ3) is 3.73. The first-order valence-corrected chi connectivity index (χ1v) is 11.0. The van der Waals surface area contributed by atoms with Crippen molar-refractivity contribution in [1.82, 2.24) is 4.57 Å². The van der Waals surface area contributed by atoms with E-state index in [9.17, 15) is 9.18 Å². The normalized spacial score (nSPS) is 15.1. The van der Waals surface area contributed by atoms with Crippen LogP contribution in [0.2, 0.25) is 0 Å². The Labute approximate surface area is 196 Å². The molecule has 0 bridgehead atoms. The van der Waals surface area contributed by atoms with Crippen molar-refractivity contribution in [2.24, 2.45) is 0 Å². The molecular formula is C27H25FN2O4. The molecule has 6 nitrogen and oxygen atoms in total. The number of carbonyl (C=O) groups is 1. The second-order valence-electron chi connectivity index (χ2n) is 8.30. The summed E-state index contributed by atoms with van der Waals surface area (Å²) in [4.78, 5) is 12.9. The van der Waals surface area contributed by atoms with Gasteiger partial charge in [-0.3, -0.25) is 4.79 Å². The average Bonchev–Trinajstić information content (AvgIpc) is 3.13. The Balaban J connectivity index is 1.71. The molecule has 1 amide bonds. The summed E-state index contributed by atoms with van der Waals surface area (Å²) in [7, 11) is 4.75. The minimum Gasteiger partial charge on any atom is -0.496 e. The predicted octanol–water partition coefficient (Wildman–Crippen LogP) is 5.33. The molecule has 2 heterocycles. The van der Waals surface area contributed by atoms with Crippen molar-refractivity contribution in [1.29, 1.82) is 0 Å². The lowest BCUT2D eigenvalue weighted by Crippen LogP contribution is -2.14. The van der Waals surface area contributed by atoms with Crippen LogP contribution in [0.1, 0.15) is 29.0 Å². The van der Waals surface area contributed by atoms with E-state index in [0.717, 1.165) is 33.3 Å². The Morgan fingerprint density at radius 1 is 0.941 bits per heavy atom. The van der Waals surface area contributed by atoms with Gasteiger partial charge in [0.2, 0.25) is 5.91 Å². The number of hydrogen-bond acceptors (Lipinski definition) is 4. The van der Waals surface area contributed by atoms with Gasteiger partial charge in [0.1, 0.15) is 11.6 Å². The van der Waals surface area contributed by atoms with E-state index in [-0.39, 0.29) is 24.1 Å². The molecule has 0 fully saturated rings. The van der Waals surface area contributed by atoms with Crippen LogP contribution in [0.3, 0.4) is 0 Å². The van der Waals surface area contributed by atoms with E-state index >= 15 is 0 Å². The van der Waals surface area contributed by atoms with Gasteiger partial charge in [-0.25, -0.2) is 4.39 Å². The van der Waals surface area contributed by atoms with Crippen molar-refractivity contribution >= 4 is 22.5 Å². The fraction of sp³-hybridized carbons (Fsp3) is 0.222. The van der Waals surface area contributed by atoms with E-state index in [1.165, 1.54) is 12.1 Å². The zero-order valence-electron chi connectivity index (χ0n) is 19.2. The van der Waals surface area contributed by atoms with Crippen molar-refractivity contribution in [3.8, 4) is 17.2 Å². The zero-order chi connectivity index (χ0) is 23.8. The molecule has 0 aliphatic carbocycles. The molecule has 1 aliphatic rings. The molecule has 1 N–H and O–H groups in total. The van der Waals surface area contributed by atoms with Gasteiger partial charge in [0.05, 0.1) is 32.5 Å². The fourth-order valence-electron chi connectivity index (χ4n) is 4.82. The number of methoxy groups -OCH3 is 3. The largest absolute Gasteiger partial charge is 0.496 e. The zero-order valence-corrected chi connectivity index (χ0v) is 19.2. The number of hydrogen-bond donors (Lipinski definition) is 1. The Kier molecular flexibility index (Phi) is 5.61. The van der Waals surface area contributed by atoms with Crippen LogP contribution in [-0.2, 0) is 11.3 Å². The second kappa shape index (κ2) is 8.74. The summed E-state index contributed by atoms with van der Waals surface area (Å²) in [6.45, 7) is 0.501. The fourth-order valence-corrected chi connectivity index (χ4v) is 4.82. The number of halogens is 1. The van der Waals surface area contributed by atoms with Crippen LogP contribution < -0.4 is 19.5 Å². The number of amides is 1. The summed E-state index contributed by atoms with van der Waals surface area (Å²) in [5, 5.41) is 4.02. The smallest absolute Gasteiger partial charge is 0.225 e. The molecule has 1 unspecified atom stereocenters. The summed E-state index contributed by atoms with van der Waals surface area (Å²) >= 11 is 0. The quantitative estimate of drug-likeness (QED) is 0.423. The van der Waals surface area contributed by atoms with Gasteiger partial charge in [-0.15, -0.1) is 0 Å². The van der Waals surface area contributed by atoms with Crippen molar-refractivity contribution in [3.63, 3.8) is 0 Å².